The minimum Gasteiger partial charge on any atom is -0.437 e. The summed E-state index contributed by atoms with van der Waals surface area (Å²) >= 11 is 1.75. The van der Waals surface area contributed by atoms with E-state index in [1.807, 2.05) is 30.3 Å². The van der Waals surface area contributed by atoms with E-state index in [0.717, 1.165) is 28.6 Å². The molecule has 1 N–H and O–H groups in total. The molecule has 0 fully saturated rings. The SMILES string of the molecule is CC(C)(C)c1ccccc1Oc1ncccc1Nc1nc2c(s1)CCCC2(C)C. The van der Waals surface area contributed by atoms with E-state index in [1.165, 1.54) is 23.4 Å². The number of thiazole rings is 1. The van der Waals surface area contributed by atoms with Crippen LogP contribution < -0.4 is 10.1 Å². The van der Waals surface area contributed by atoms with Crippen molar-refractivity contribution in [3.05, 3.63) is 58.7 Å². The summed E-state index contributed by atoms with van der Waals surface area (Å²) in [5, 5.41) is 4.38. The molecule has 5 heteroatoms. The van der Waals surface area contributed by atoms with Crippen LogP contribution in [0.2, 0.25) is 0 Å². The topological polar surface area (TPSA) is 47.0 Å². The molecule has 0 saturated carbocycles. The van der Waals surface area contributed by atoms with Gasteiger partial charge >= 0.3 is 0 Å². The third-order valence-electron chi connectivity index (χ3n) is 5.46. The normalized spacial score (nSPS) is 15.6. The average molecular weight is 408 g/mol. The molecule has 2 aromatic heterocycles. The first kappa shape index (κ1) is 19.9. The van der Waals surface area contributed by atoms with Crippen LogP contribution in [0.3, 0.4) is 0 Å². The Labute approximate surface area is 177 Å². The average Bonchev–Trinajstić information content (AvgIpc) is 3.07. The summed E-state index contributed by atoms with van der Waals surface area (Å²) in [6.07, 6.45) is 5.30. The van der Waals surface area contributed by atoms with Crippen LogP contribution >= 0.6 is 11.3 Å². The van der Waals surface area contributed by atoms with Crippen LogP contribution in [0.15, 0.2) is 42.6 Å². The third kappa shape index (κ3) is 4.15. The number of aromatic nitrogens is 2. The van der Waals surface area contributed by atoms with Crippen molar-refractivity contribution in [2.24, 2.45) is 0 Å². The van der Waals surface area contributed by atoms with Gasteiger partial charge in [-0.2, -0.15) is 0 Å². The number of nitrogens with one attached hydrogen (secondary N) is 1. The number of pyridine rings is 1. The number of fused-ring (bicyclic) bond motifs is 1. The van der Waals surface area contributed by atoms with E-state index in [4.69, 9.17) is 9.72 Å². The summed E-state index contributed by atoms with van der Waals surface area (Å²) in [4.78, 5) is 10.8. The van der Waals surface area contributed by atoms with Crippen molar-refractivity contribution >= 4 is 22.2 Å². The number of nitrogens with zero attached hydrogens (tertiary/aromatic N) is 2. The number of para-hydroxylation sites is 1. The highest BCUT2D eigenvalue weighted by molar-refractivity contribution is 7.15. The summed E-state index contributed by atoms with van der Waals surface area (Å²) < 4.78 is 6.29. The van der Waals surface area contributed by atoms with Gasteiger partial charge in [-0.25, -0.2) is 9.97 Å². The number of benzene rings is 1. The molecule has 4 rings (SSSR count). The molecule has 0 radical (unpaired) electrons. The highest BCUT2D eigenvalue weighted by Crippen LogP contribution is 2.42. The maximum Gasteiger partial charge on any atom is 0.243 e. The van der Waals surface area contributed by atoms with Crippen LogP contribution in [0.4, 0.5) is 10.8 Å². The molecular weight excluding hydrogens is 378 g/mol. The van der Waals surface area contributed by atoms with Gasteiger partial charge in [-0.3, -0.25) is 0 Å². The minimum atomic E-state index is -0.0150. The first-order valence-electron chi connectivity index (χ1n) is 10.2. The third-order valence-corrected chi connectivity index (χ3v) is 6.49. The smallest absolute Gasteiger partial charge is 0.243 e. The standard InChI is InChI=1S/C24H29N3OS/c1-23(2,3)16-10-6-7-12-18(16)28-21-17(11-9-15-25-21)26-22-27-20-19(29-22)13-8-14-24(20,4)5/h6-7,9-12,15H,8,13-14H2,1-5H3,(H,26,27). The molecule has 4 nitrogen and oxygen atoms in total. The first-order valence-corrected chi connectivity index (χ1v) is 11.1. The largest absolute Gasteiger partial charge is 0.437 e. The van der Waals surface area contributed by atoms with E-state index in [0.29, 0.717) is 5.88 Å². The Morgan fingerprint density at radius 1 is 1.10 bits per heavy atom. The van der Waals surface area contributed by atoms with Crippen molar-refractivity contribution in [1.29, 1.82) is 0 Å². The van der Waals surface area contributed by atoms with Gasteiger partial charge in [-0.1, -0.05) is 52.8 Å². The molecule has 0 unspecified atom stereocenters. The van der Waals surface area contributed by atoms with Gasteiger partial charge in [0.15, 0.2) is 5.13 Å². The number of aryl methyl sites for hydroxylation is 1. The highest BCUT2D eigenvalue weighted by Gasteiger charge is 2.31. The van der Waals surface area contributed by atoms with Crippen LogP contribution in [0, 0.1) is 0 Å². The Bertz CT molecular complexity index is 1020. The van der Waals surface area contributed by atoms with Gasteiger partial charge in [0.1, 0.15) is 11.4 Å². The highest BCUT2D eigenvalue weighted by atomic mass is 32.1. The minimum absolute atomic E-state index is 0.0150. The Kier molecular flexibility index (Phi) is 5.11. The summed E-state index contributed by atoms with van der Waals surface area (Å²) in [7, 11) is 0. The summed E-state index contributed by atoms with van der Waals surface area (Å²) in [5.74, 6) is 1.40. The zero-order chi connectivity index (χ0) is 20.6. The van der Waals surface area contributed by atoms with Gasteiger partial charge in [-0.05, 0) is 42.9 Å². The number of hydrogen-bond acceptors (Lipinski definition) is 5. The molecule has 3 aromatic rings. The monoisotopic (exact) mass is 407 g/mol. The lowest BCUT2D eigenvalue weighted by molar-refractivity contribution is 0.424. The zero-order valence-electron chi connectivity index (χ0n) is 17.9. The molecule has 0 aliphatic heterocycles. The fourth-order valence-corrected chi connectivity index (χ4v) is 5.07. The van der Waals surface area contributed by atoms with Crippen molar-refractivity contribution in [2.75, 3.05) is 5.32 Å². The lowest BCUT2D eigenvalue weighted by Gasteiger charge is -2.27. The Hall–Kier alpha value is -2.40. The molecule has 152 valence electrons. The van der Waals surface area contributed by atoms with Crippen LogP contribution in [0.25, 0.3) is 0 Å². The number of anilines is 2. The fraction of sp³-hybridized carbons (Fsp3) is 0.417. The lowest BCUT2D eigenvalue weighted by atomic mass is 9.79. The Balaban J connectivity index is 1.64. The second-order valence-corrected chi connectivity index (χ2v) is 10.4. The van der Waals surface area contributed by atoms with Crippen molar-refractivity contribution < 1.29 is 4.74 Å². The van der Waals surface area contributed by atoms with E-state index in [-0.39, 0.29) is 10.8 Å². The molecule has 0 amide bonds. The molecule has 0 bridgehead atoms. The molecule has 0 saturated heterocycles. The van der Waals surface area contributed by atoms with Gasteiger partial charge in [0, 0.05) is 22.1 Å². The second-order valence-electron chi connectivity index (χ2n) is 9.36. The van der Waals surface area contributed by atoms with Crippen molar-refractivity contribution in [3.63, 3.8) is 0 Å². The van der Waals surface area contributed by atoms with Gasteiger partial charge in [0.25, 0.3) is 0 Å². The molecule has 2 heterocycles. The van der Waals surface area contributed by atoms with E-state index < -0.39 is 0 Å². The number of hydrogen-bond donors (Lipinski definition) is 1. The van der Waals surface area contributed by atoms with E-state index >= 15 is 0 Å². The molecule has 1 aliphatic rings. The zero-order valence-corrected chi connectivity index (χ0v) is 18.7. The quantitative estimate of drug-likeness (QED) is 0.506. The van der Waals surface area contributed by atoms with Gasteiger partial charge in [0.05, 0.1) is 5.69 Å². The summed E-state index contributed by atoms with van der Waals surface area (Å²) in [5.41, 5.74) is 3.35. The summed E-state index contributed by atoms with van der Waals surface area (Å²) in [6, 6.07) is 12.1. The molecular formula is C24H29N3OS. The maximum atomic E-state index is 6.29. The second kappa shape index (κ2) is 7.45. The summed E-state index contributed by atoms with van der Waals surface area (Å²) in [6.45, 7) is 11.1. The van der Waals surface area contributed by atoms with Crippen LogP contribution in [-0.4, -0.2) is 9.97 Å². The molecule has 1 aliphatic carbocycles. The molecule has 0 spiro atoms. The fourth-order valence-electron chi connectivity index (χ4n) is 3.87. The van der Waals surface area contributed by atoms with Crippen molar-refractivity contribution in [2.45, 2.75) is 64.7 Å². The Morgan fingerprint density at radius 2 is 1.90 bits per heavy atom. The van der Waals surface area contributed by atoms with Crippen LogP contribution in [0.5, 0.6) is 11.6 Å². The molecule has 29 heavy (non-hydrogen) atoms. The first-order chi connectivity index (χ1) is 13.7. The van der Waals surface area contributed by atoms with Gasteiger partial charge < -0.3 is 10.1 Å². The van der Waals surface area contributed by atoms with E-state index in [2.05, 4.69) is 51.0 Å². The number of rotatable bonds is 4. The molecule has 0 atom stereocenters. The van der Waals surface area contributed by atoms with Crippen molar-refractivity contribution in [3.8, 4) is 11.6 Å². The Morgan fingerprint density at radius 3 is 2.66 bits per heavy atom. The van der Waals surface area contributed by atoms with Gasteiger partial charge in [0.2, 0.25) is 5.88 Å². The van der Waals surface area contributed by atoms with Crippen LogP contribution in [-0.2, 0) is 17.3 Å². The van der Waals surface area contributed by atoms with Gasteiger partial charge in [-0.15, -0.1) is 11.3 Å². The van der Waals surface area contributed by atoms with Crippen LogP contribution in [0.1, 0.15) is 63.6 Å². The lowest BCUT2D eigenvalue weighted by Crippen LogP contribution is -2.23. The predicted octanol–water partition coefficient (Wildman–Crippen LogP) is 6.99. The predicted molar refractivity (Wildman–Crippen MR) is 121 cm³/mol. The number of ether oxygens (including phenoxy) is 1. The van der Waals surface area contributed by atoms with Crippen molar-refractivity contribution in [1.82, 2.24) is 9.97 Å². The maximum absolute atomic E-state index is 6.29. The van der Waals surface area contributed by atoms with E-state index in [9.17, 15) is 0 Å². The van der Waals surface area contributed by atoms with E-state index in [1.54, 1.807) is 17.5 Å². The molecule has 1 aromatic carbocycles.